The Kier molecular flexibility index (Phi) is 3.78. The predicted octanol–water partition coefficient (Wildman–Crippen LogP) is 1.50. The quantitative estimate of drug-likeness (QED) is 0.879. The van der Waals surface area contributed by atoms with Gasteiger partial charge in [0.2, 0.25) is 4.96 Å². The van der Waals surface area contributed by atoms with Crippen LogP contribution in [-0.2, 0) is 6.42 Å². The van der Waals surface area contributed by atoms with Crippen LogP contribution in [0.1, 0.15) is 30.2 Å². The molecule has 0 fully saturated rings. The number of nitrogens with zero attached hydrogens (tertiary/aromatic N) is 4. The molecule has 0 aliphatic rings. The molecule has 0 aliphatic carbocycles. The molecule has 16 heavy (non-hydrogen) atoms. The summed E-state index contributed by atoms with van der Waals surface area (Å²) in [4.78, 5) is 0.839. The first-order valence-corrected chi connectivity index (χ1v) is 7.42. The van der Waals surface area contributed by atoms with Gasteiger partial charge in [-0.05, 0) is 18.4 Å². The van der Waals surface area contributed by atoms with Gasteiger partial charge in [0, 0.05) is 6.42 Å². The van der Waals surface area contributed by atoms with Crippen LogP contribution < -0.4 is 5.73 Å². The highest BCUT2D eigenvalue weighted by Crippen LogP contribution is 2.22. The van der Waals surface area contributed by atoms with Crippen LogP contribution in [0.5, 0.6) is 0 Å². The van der Waals surface area contributed by atoms with Crippen LogP contribution in [-0.4, -0.2) is 31.8 Å². The standard InChI is InChI=1S/C9H15N5S2/c1-3-7-11-12-9-14(7)13-8(16-9)6(10)4-5-15-2/h6H,3-5,10H2,1-2H3. The van der Waals surface area contributed by atoms with Crippen LogP contribution in [0.15, 0.2) is 0 Å². The van der Waals surface area contributed by atoms with Gasteiger partial charge in [0.05, 0.1) is 6.04 Å². The van der Waals surface area contributed by atoms with Crippen LogP contribution >= 0.6 is 23.1 Å². The maximum Gasteiger partial charge on any atom is 0.234 e. The molecule has 2 aromatic rings. The number of aromatic nitrogens is 4. The molecule has 0 bridgehead atoms. The van der Waals surface area contributed by atoms with E-state index in [0.717, 1.165) is 34.4 Å². The fourth-order valence-corrected chi connectivity index (χ4v) is 2.79. The Bertz CT molecular complexity index is 463. The zero-order valence-corrected chi connectivity index (χ0v) is 11.0. The number of rotatable bonds is 5. The number of aryl methyl sites for hydroxylation is 1. The Morgan fingerprint density at radius 2 is 2.31 bits per heavy atom. The lowest BCUT2D eigenvalue weighted by atomic mass is 10.2. The molecule has 7 heteroatoms. The Balaban J connectivity index is 2.22. The lowest BCUT2D eigenvalue weighted by molar-refractivity contribution is 0.674. The third kappa shape index (κ3) is 2.21. The van der Waals surface area contributed by atoms with E-state index in [9.17, 15) is 0 Å². The van der Waals surface area contributed by atoms with E-state index < -0.39 is 0 Å². The molecule has 0 saturated carbocycles. The summed E-state index contributed by atoms with van der Waals surface area (Å²) in [6.45, 7) is 2.04. The Morgan fingerprint density at radius 3 is 3.00 bits per heavy atom. The van der Waals surface area contributed by atoms with Crippen LogP contribution in [0.3, 0.4) is 0 Å². The first kappa shape index (κ1) is 11.8. The average molecular weight is 257 g/mol. The van der Waals surface area contributed by atoms with E-state index in [1.54, 1.807) is 16.3 Å². The second-order valence-electron chi connectivity index (χ2n) is 3.49. The van der Waals surface area contributed by atoms with Crippen molar-refractivity contribution >= 4 is 28.1 Å². The van der Waals surface area contributed by atoms with E-state index in [4.69, 9.17) is 5.73 Å². The predicted molar refractivity (Wildman–Crippen MR) is 68.0 cm³/mol. The summed E-state index contributed by atoms with van der Waals surface area (Å²) in [5.41, 5.74) is 6.07. The molecule has 2 heterocycles. The smallest absolute Gasteiger partial charge is 0.234 e. The molecule has 0 saturated heterocycles. The van der Waals surface area contributed by atoms with E-state index in [0.29, 0.717) is 0 Å². The van der Waals surface area contributed by atoms with Crippen molar-refractivity contribution < 1.29 is 0 Å². The highest BCUT2D eigenvalue weighted by atomic mass is 32.2. The molecular formula is C9H15N5S2. The van der Waals surface area contributed by atoms with Gasteiger partial charge in [0.15, 0.2) is 5.82 Å². The largest absolute Gasteiger partial charge is 0.322 e. The number of nitrogens with two attached hydrogens (primary N) is 1. The van der Waals surface area contributed by atoms with Gasteiger partial charge in [0.1, 0.15) is 5.01 Å². The Labute approximate surface area is 102 Å². The molecular weight excluding hydrogens is 242 g/mol. The van der Waals surface area contributed by atoms with Gasteiger partial charge < -0.3 is 5.73 Å². The van der Waals surface area contributed by atoms with Gasteiger partial charge in [-0.25, -0.2) is 0 Å². The first-order chi connectivity index (χ1) is 7.76. The zero-order chi connectivity index (χ0) is 11.5. The molecule has 1 unspecified atom stereocenters. The summed E-state index contributed by atoms with van der Waals surface area (Å²) in [5, 5.41) is 13.6. The number of hydrogen-bond donors (Lipinski definition) is 1. The molecule has 2 aromatic heterocycles. The maximum absolute atomic E-state index is 6.07. The summed E-state index contributed by atoms with van der Waals surface area (Å²) in [5.74, 6) is 1.96. The van der Waals surface area contributed by atoms with Crippen LogP contribution in [0.25, 0.3) is 4.96 Å². The van der Waals surface area contributed by atoms with Gasteiger partial charge in [-0.2, -0.15) is 21.4 Å². The minimum absolute atomic E-state index is 0.0175. The molecule has 1 atom stereocenters. The third-order valence-electron chi connectivity index (χ3n) is 2.34. The Morgan fingerprint density at radius 1 is 1.50 bits per heavy atom. The summed E-state index contributed by atoms with van der Waals surface area (Å²) in [6.07, 6.45) is 3.87. The zero-order valence-electron chi connectivity index (χ0n) is 9.38. The van der Waals surface area contributed by atoms with Crippen molar-refractivity contribution in [2.75, 3.05) is 12.0 Å². The van der Waals surface area contributed by atoms with Crippen LogP contribution in [0, 0.1) is 0 Å². The summed E-state index contributed by atoms with van der Waals surface area (Å²) < 4.78 is 1.80. The first-order valence-electron chi connectivity index (χ1n) is 5.21. The minimum atomic E-state index is 0.0175. The summed E-state index contributed by atoms with van der Waals surface area (Å²) >= 11 is 3.34. The second kappa shape index (κ2) is 5.11. The van der Waals surface area contributed by atoms with Crippen molar-refractivity contribution in [3.8, 4) is 0 Å². The van der Waals surface area contributed by atoms with Crippen molar-refractivity contribution in [1.29, 1.82) is 0 Å². The lowest BCUT2D eigenvalue weighted by Crippen LogP contribution is -2.11. The monoisotopic (exact) mass is 257 g/mol. The van der Waals surface area contributed by atoms with Crippen molar-refractivity contribution in [2.24, 2.45) is 5.73 Å². The van der Waals surface area contributed by atoms with E-state index in [2.05, 4.69) is 21.6 Å². The summed E-state index contributed by atoms with van der Waals surface area (Å²) in [7, 11) is 0. The highest BCUT2D eigenvalue weighted by molar-refractivity contribution is 7.98. The van der Waals surface area contributed by atoms with E-state index in [1.165, 1.54) is 11.3 Å². The Hall–Kier alpha value is -0.660. The van der Waals surface area contributed by atoms with Crippen molar-refractivity contribution in [1.82, 2.24) is 19.8 Å². The summed E-state index contributed by atoms with van der Waals surface area (Å²) in [6, 6.07) is 0.0175. The van der Waals surface area contributed by atoms with Gasteiger partial charge in [-0.15, -0.1) is 10.2 Å². The normalized spacial score (nSPS) is 13.4. The molecule has 0 amide bonds. The van der Waals surface area contributed by atoms with Crippen LogP contribution in [0.4, 0.5) is 0 Å². The molecule has 88 valence electrons. The fourth-order valence-electron chi connectivity index (χ4n) is 1.41. The lowest BCUT2D eigenvalue weighted by Gasteiger charge is -2.05. The molecule has 2 rings (SSSR count). The molecule has 0 aliphatic heterocycles. The van der Waals surface area contributed by atoms with Crippen LogP contribution in [0.2, 0.25) is 0 Å². The number of thioether (sulfide) groups is 1. The number of hydrogen-bond acceptors (Lipinski definition) is 6. The van der Waals surface area contributed by atoms with E-state index in [1.807, 2.05) is 6.92 Å². The number of fused-ring (bicyclic) bond motifs is 1. The van der Waals surface area contributed by atoms with Gasteiger partial charge in [0.25, 0.3) is 0 Å². The SMILES string of the molecule is CCc1nnc2sc(C(N)CCSC)nn12. The highest BCUT2D eigenvalue weighted by Gasteiger charge is 2.15. The second-order valence-corrected chi connectivity index (χ2v) is 5.47. The minimum Gasteiger partial charge on any atom is -0.322 e. The van der Waals surface area contributed by atoms with Gasteiger partial charge in [-0.3, -0.25) is 0 Å². The average Bonchev–Trinajstić information content (AvgIpc) is 2.84. The van der Waals surface area contributed by atoms with E-state index >= 15 is 0 Å². The van der Waals surface area contributed by atoms with Gasteiger partial charge >= 0.3 is 0 Å². The van der Waals surface area contributed by atoms with Gasteiger partial charge in [-0.1, -0.05) is 18.3 Å². The van der Waals surface area contributed by atoms with Crippen molar-refractivity contribution in [2.45, 2.75) is 25.8 Å². The molecule has 0 spiro atoms. The van der Waals surface area contributed by atoms with Crippen molar-refractivity contribution in [3.05, 3.63) is 10.8 Å². The fraction of sp³-hybridized carbons (Fsp3) is 0.667. The topological polar surface area (TPSA) is 69.1 Å². The molecule has 0 aromatic carbocycles. The van der Waals surface area contributed by atoms with Crippen molar-refractivity contribution in [3.63, 3.8) is 0 Å². The third-order valence-corrected chi connectivity index (χ3v) is 4.01. The molecule has 5 nitrogen and oxygen atoms in total. The van der Waals surface area contributed by atoms with E-state index in [-0.39, 0.29) is 6.04 Å². The molecule has 0 radical (unpaired) electrons. The maximum atomic E-state index is 6.07. The molecule has 2 N–H and O–H groups in total.